The molecular formula is C100H110BrCl3N30O16. The number of nitrogens with two attached hydrogens (primary N) is 2. The van der Waals surface area contributed by atoms with Crippen molar-refractivity contribution < 1.29 is 76.4 Å². The molecule has 5 aliphatic rings. The molecule has 46 nitrogen and oxygen atoms in total. The van der Waals surface area contributed by atoms with E-state index < -0.39 is 23.4 Å². The third-order valence-corrected chi connectivity index (χ3v) is 20.5. The molecule has 6 aromatic carbocycles. The van der Waals surface area contributed by atoms with Crippen LogP contribution in [0.4, 0.5) is 96.5 Å². The highest BCUT2D eigenvalue weighted by molar-refractivity contribution is 9.10. The maximum absolute atomic E-state index is 12.8. The lowest BCUT2D eigenvalue weighted by molar-refractivity contribution is -0.115. The average Bonchev–Trinajstić information content (AvgIpc) is 1.67. The molecule has 0 atom stereocenters. The molecule has 5 aliphatic heterocycles. The molecule has 0 bridgehead atoms. The van der Waals surface area contributed by atoms with Crippen molar-refractivity contribution in [2.75, 3.05) is 92.1 Å². The molecule has 784 valence electrons. The van der Waals surface area contributed by atoms with E-state index in [1.165, 1.54) is 116 Å². The Hall–Kier alpha value is -17.4. The van der Waals surface area contributed by atoms with Crippen molar-refractivity contribution in [1.29, 1.82) is 0 Å². The smallest absolute Gasteiger partial charge is 0.413 e. The number of hydrogen-bond donors (Lipinski definition) is 14. The molecule has 150 heavy (non-hydrogen) atoms. The van der Waals surface area contributed by atoms with E-state index in [1.54, 1.807) is 86.1 Å². The summed E-state index contributed by atoms with van der Waals surface area (Å²) in [5, 5.41) is 33.3. The fraction of sp³-hybridized carbons (Fsp3) is 0.250. The number of nitrogen functional groups attached to an aromatic ring is 2. The predicted molar refractivity (Wildman–Crippen MR) is 570 cm³/mol. The van der Waals surface area contributed by atoms with Gasteiger partial charge >= 0.3 is 12.2 Å². The number of carbonyl (C=O) groups excluding carboxylic acids is 11. The lowest BCUT2D eigenvalue weighted by Crippen LogP contribution is -2.27. The molecule has 0 aliphatic carbocycles. The van der Waals surface area contributed by atoms with Crippen LogP contribution >= 0.6 is 51.5 Å². The van der Waals surface area contributed by atoms with Crippen LogP contribution in [-0.2, 0) is 77.5 Å². The summed E-state index contributed by atoms with van der Waals surface area (Å²) in [4.78, 5) is 183. The molecular weight excluding hydrogens is 2060 g/mol. The molecule has 13 aromatic rings. The second-order valence-corrected chi connectivity index (χ2v) is 35.8. The first-order chi connectivity index (χ1) is 71.0. The number of halogens is 4. The van der Waals surface area contributed by atoms with E-state index in [1.807, 2.05) is 119 Å². The number of aromatic nitrogens is 14. The van der Waals surface area contributed by atoms with Gasteiger partial charge in [0.1, 0.15) is 147 Å². The van der Waals surface area contributed by atoms with Gasteiger partial charge in [-0.05, 0) is 185 Å². The maximum atomic E-state index is 12.8. The zero-order valence-electron chi connectivity index (χ0n) is 83.6. The van der Waals surface area contributed by atoms with Gasteiger partial charge in [0.15, 0.2) is 0 Å². The van der Waals surface area contributed by atoms with E-state index in [0.29, 0.717) is 125 Å². The molecule has 0 unspecified atom stereocenters. The van der Waals surface area contributed by atoms with Crippen molar-refractivity contribution in [3.8, 4) is 11.5 Å². The lowest BCUT2D eigenvalue weighted by Gasteiger charge is -2.19. The van der Waals surface area contributed by atoms with Crippen molar-refractivity contribution in [1.82, 2.24) is 90.2 Å². The quantitative estimate of drug-likeness (QED) is 0.0334. The summed E-state index contributed by atoms with van der Waals surface area (Å²) in [5.74, 6) is 5.59. The fourth-order valence-electron chi connectivity index (χ4n) is 13.4. The van der Waals surface area contributed by atoms with Crippen molar-refractivity contribution >= 4 is 204 Å². The summed E-state index contributed by atoms with van der Waals surface area (Å²) in [7, 11) is 3.27. The van der Waals surface area contributed by atoms with Gasteiger partial charge in [-0.15, -0.1) is 12.4 Å². The normalized spacial score (nSPS) is 12.1. The second-order valence-electron chi connectivity index (χ2n) is 34.1. The standard InChI is InChI=1S/C22H21N5O3.C16H14BrNO2.2C14H13N5O2.C11H16N4O3.C9H12ClN3O2.C6H8N4O.C4H4ClN3.C4H8O.ClH/c1-14(28)25-20-10-21(24-13-23-20)26-17-5-8-19-16(9-17)12-27(22(19)29)11-15-3-6-18(30-2)7-4-15;1-20-14-5-2-11(3-6-14)9-18-10-12-8-13(17)4-7-15(12)16(18)19;2*1-8(20)18-12-5-13(17-7-16-12)19-10-2-3-11-9(4-10)6-15-14(11)21;1-7(16)14-8-5-9(13-6-12-8)15-10(17)18-11(2,3)4;1-9(2,3)15-8(14)13-7-4-6(10)11-5-12-7;1-4(11)10-6-2-5(7)8-3-9-6;5-3-1-4(6)8-2-7-3;1-2-4-5-3-1;/h3-10,13H,11-12H2,1-2H3,(H2,23,24,25,26,28);2-8H,9-10H2,1H3;2*2-5,7H,6H2,1H3,(H,15,21)(H2,16,17,18,19,20);5-6H,1-4H3,(H2,12,13,14,15,16,17);4-5H,1-3H3,(H,11,12,13,14);2-3H,1H3,(H3,7,8,9,10,11);1-2H,(H2,6,7,8);1-4H2;1H. The first-order valence-corrected chi connectivity index (χ1v) is 47.0. The average molecular weight is 2170 g/mol. The Bertz CT molecular complexity index is 6770. The van der Waals surface area contributed by atoms with Gasteiger partial charge in [-0.3, -0.25) is 53.8 Å². The number of anilines is 15. The topological polar surface area (TPSA) is 617 Å². The molecule has 12 heterocycles. The van der Waals surface area contributed by atoms with Crippen LogP contribution < -0.4 is 84.7 Å². The summed E-state index contributed by atoms with van der Waals surface area (Å²) in [5.41, 5.74) is 20.8. The minimum Gasteiger partial charge on any atom is -0.497 e. The van der Waals surface area contributed by atoms with Crippen molar-refractivity contribution in [3.05, 3.63) is 278 Å². The highest BCUT2D eigenvalue weighted by atomic mass is 79.9. The minimum atomic E-state index is -0.616. The number of benzene rings is 6. The monoisotopic (exact) mass is 2170 g/mol. The van der Waals surface area contributed by atoms with Crippen LogP contribution in [0.25, 0.3) is 0 Å². The number of fused-ring (bicyclic) bond motifs is 4. The minimum absolute atomic E-state index is 0. The zero-order valence-corrected chi connectivity index (χ0v) is 87.5. The summed E-state index contributed by atoms with van der Waals surface area (Å²) >= 11 is 14.5. The summed E-state index contributed by atoms with van der Waals surface area (Å²) in [6.07, 6.45) is 10.6. The van der Waals surface area contributed by atoms with E-state index in [4.69, 9.17) is 58.4 Å². The number of rotatable bonds is 19. The van der Waals surface area contributed by atoms with Crippen LogP contribution in [0.2, 0.25) is 10.3 Å². The first-order valence-electron chi connectivity index (χ1n) is 45.4. The van der Waals surface area contributed by atoms with E-state index >= 15 is 0 Å². The highest BCUT2D eigenvalue weighted by Gasteiger charge is 2.30. The van der Waals surface area contributed by atoms with Crippen LogP contribution in [0.5, 0.6) is 11.5 Å². The number of nitrogens with one attached hydrogen (secondary N) is 12. The number of hydrogen-bond acceptors (Lipinski definition) is 35. The third kappa shape index (κ3) is 40.2. The summed E-state index contributed by atoms with van der Waals surface area (Å²) in [6, 6.07) is 48.7. The summed E-state index contributed by atoms with van der Waals surface area (Å²) in [6.45, 7) is 23.1. The second kappa shape index (κ2) is 56.9. The Morgan fingerprint density at radius 1 is 0.373 bits per heavy atom. The van der Waals surface area contributed by atoms with Crippen molar-refractivity contribution in [3.63, 3.8) is 0 Å². The van der Waals surface area contributed by atoms with Gasteiger partial charge in [0.05, 0.1) is 14.2 Å². The van der Waals surface area contributed by atoms with Crippen LogP contribution in [0.15, 0.2) is 213 Å². The molecule has 0 radical (unpaired) electrons. The van der Waals surface area contributed by atoms with Gasteiger partial charge in [0.25, 0.3) is 23.6 Å². The number of ether oxygens (including phenoxy) is 5. The van der Waals surface area contributed by atoms with Gasteiger partial charge in [0.2, 0.25) is 29.5 Å². The van der Waals surface area contributed by atoms with E-state index in [-0.39, 0.29) is 76.5 Å². The van der Waals surface area contributed by atoms with E-state index in [0.717, 1.165) is 85.2 Å². The number of nitrogens with zero attached hydrogens (tertiary/aromatic N) is 16. The van der Waals surface area contributed by atoms with Crippen LogP contribution in [-0.4, -0.2) is 184 Å². The zero-order chi connectivity index (χ0) is 108. The van der Waals surface area contributed by atoms with Crippen LogP contribution in [0.3, 0.4) is 0 Å². The SMILES string of the molecule is C1CCOC1.CC(=O)Nc1cc(N)ncn1.CC(=O)Nc1cc(NC(=O)OC(C)(C)C)ncn1.CC(=O)Nc1cc(Nc2ccc3c(c2)CNC3=O)ncn1.CC(=O)Nc1cc(Nc2ccc3c(c2)CNC3=O)ncn1.CC(C)(C)OC(=O)Nc1cc(Cl)ncn1.COc1ccc(CN2Cc3cc(Br)ccc3C2=O)cc1.COc1ccc(CN2Cc3cc(Nc4cc(NC(C)=O)ncn4)ccc3C2=O)cc1.Cl.Nc1cc(Cl)ncn1. The van der Waals surface area contributed by atoms with Crippen molar-refractivity contribution in [2.24, 2.45) is 0 Å². The van der Waals surface area contributed by atoms with Gasteiger partial charge in [-0.25, -0.2) is 79.4 Å². The molecule has 16 N–H and O–H groups in total. The lowest BCUT2D eigenvalue weighted by atomic mass is 10.1. The van der Waals surface area contributed by atoms with Crippen molar-refractivity contribution in [2.45, 2.75) is 139 Å². The number of methoxy groups -OCH3 is 2. The molecule has 0 spiro atoms. The molecule has 1 saturated heterocycles. The van der Waals surface area contributed by atoms with Crippen LogP contribution in [0.1, 0.15) is 164 Å². The highest BCUT2D eigenvalue weighted by Crippen LogP contribution is 2.33. The Balaban J connectivity index is 0.000000192. The molecule has 0 saturated carbocycles. The molecule has 1 fully saturated rings. The van der Waals surface area contributed by atoms with E-state index in [2.05, 4.69) is 150 Å². The van der Waals surface area contributed by atoms with Gasteiger partial charge < -0.3 is 98.1 Å². The fourth-order valence-corrected chi connectivity index (χ4v) is 14.1. The maximum Gasteiger partial charge on any atom is 0.413 e. The summed E-state index contributed by atoms with van der Waals surface area (Å²) < 4.78 is 26.4. The predicted octanol–water partition coefficient (Wildman–Crippen LogP) is 16.0. The van der Waals surface area contributed by atoms with Gasteiger partial charge in [-0.2, -0.15) is 0 Å². The van der Waals surface area contributed by atoms with Gasteiger partial charge in [-0.1, -0.05) is 63.4 Å². The molecule has 11 amide bonds. The Morgan fingerprint density at radius 2 is 0.673 bits per heavy atom. The molecule has 18 rings (SSSR count). The van der Waals surface area contributed by atoms with E-state index in [9.17, 15) is 52.7 Å². The number of carbonyl (C=O) groups is 11. The van der Waals surface area contributed by atoms with Crippen LogP contribution in [0, 0.1) is 0 Å². The third-order valence-electron chi connectivity index (χ3n) is 19.6. The molecule has 50 heteroatoms. The first kappa shape index (κ1) is 116. The van der Waals surface area contributed by atoms with Gasteiger partial charge in [0, 0.05) is 173 Å². The number of amides is 11. The molecule has 7 aromatic heterocycles. The Labute approximate surface area is 886 Å². The Kier molecular flexibility index (Phi) is 44.0. The Morgan fingerprint density at radius 3 is 1.00 bits per heavy atom. The largest absolute Gasteiger partial charge is 0.497 e.